The van der Waals surface area contributed by atoms with E-state index in [9.17, 15) is 4.39 Å². The molecule has 0 spiro atoms. The molecule has 3 nitrogen and oxygen atoms in total. The first-order chi connectivity index (χ1) is 8.74. The lowest BCUT2D eigenvalue weighted by atomic mass is 10.1. The first-order valence-electron chi connectivity index (χ1n) is 6.29. The number of rotatable bonds is 4. The van der Waals surface area contributed by atoms with Crippen molar-refractivity contribution in [3.63, 3.8) is 0 Å². The van der Waals surface area contributed by atoms with Crippen LogP contribution in [0.1, 0.15) is 17.5 Å². The van der Waals surface area contributed by atoms with Crippen LogP contribution in [0, 0.1) is 23.1 Å². The molecule has 0 saturated carbocycles. The Balaban J connectivity index is 2.01. The summed E-state index contributed by atoms with van der Waals surface area (Å²) in [4.78, 5) is 2.25. The van der Waals surface area contributed by atoms with Crippen LogP contribution in [0.15, 0.2) is 18.2 Å². The SMILES string of the molecule is CNCC1CCN(Cc2cccc(C#N)c2F)C1. The molecule has 1 saturated heterocycles. The van der Waals surface area contributed by atoms with Crippen molar-refractivity contribution in [3.05, 3.63) is 35.1 Å². The lowest BCUT2D eigenvalue weighted by molar-refractivity contribution is 0.310. The Morgan fingerprint density at radius 2 is 2.39 bits per heavy atom. The lowest BCUT2D eigenvalue weighted by Gasteiger charge is -2.16. The zero-order valence-corrected chi connectivity index (χ0v) is 10.6. The number of benzene rings is 1. The van der Waals surface area contributed by atoms with Crippen LogP contribution >= 0.6 is 0 Å². The topological polar surface area (TPSA) is 39.1 Å². The van der Waals surface area contributed by atoms with Crippen molar-refractivity contribution in [1.82, 2.24) is 10.2 Å². The highest BCUT2D eigenvalue weighted by atomic mass is 19.1. The molecule has 0 bridgehead atoms. The Morgan fingerprint density at radius 3 is 3.11 bits per heavy atom. The fourth-order valence-electron chi connectivity index (χ4n) is 2.54. The second-order valence-corrected chi connectivity index (χ2v) is 4.84. The summed E-state index contributed by atoms with van der Waals surface area (Å²) in [6.07, 6.45) is 1.15. The summed E-state index contributed by atoms with van der Waals surface area (Å²) < 4.78 is 13.9. The highest BCUT2D eigenvalue weighted by Gasteiger charge is 2.22. The molecule has 96 valence electrons. The van der Waals surface area contributed by atoms with E-state index in [1.807, 2.05) is 13.1 Å². The van der Waals surface area contributed by atoms with E-state index in [0.717, 1.165) is 26.1 Å². The van der Waals surface area contributed by atoms with E-state index in [-0.39, 0.29) is 11.4 Å². The maximum atomic E-state index is 13.9. The van der Waals surface area contributed by atoms with Gasteiger partial charge in [-0.15, -0.1) is 0 Å². The van der Waals surface area contributed by atoms with Gasteiger partial charge in [0.1, 0.15) is 11.9 Å². The van der Waals surface area contributed by atoms with Gasteiger partial charge in [0.2, 0.25) is 0 Å². The molecule has 0 amide bonds. The van der Waals surface area contributed by atoms with Gasteiger partial charge in [-0.3, -0.25) is 4.90 Å². The second kappa shape index (κ2) is 5.94. The first-order valence-corrected chi connectivity index (χ1v) is 6.29. The standard InChI is InChI=1S/C14H18FN3/c1-17-8-11-5-6-18(9-11)10-13-4-2-3-12(7-16)14(13)15/h2-4,11,17H,5-6,8-10H2,1H3. The molecule has 1 aromatic rings. The molecule has 1 N–H and O–H groups in total. The predicted molar refractivity (Wildman–Crippen MR) is 68.4 cm³/mol. The van der Waals surface area contributed by atoms with Crippen molar-refractivity contribution in [3.8, 4) is 6.07 Å². The summed E-state index contributed by atoms with van der Waals surface area (Å²) in [7, 11) is 1.96. The van der Waals surface area contributed by atoms with Crippen LogP contribution < -0.4 is 5.32 Å². The van der Waals surface area contributed by atoms with E-state index in [1.165, 1.54) is 6.07 Å². The number of hydrogen-bond acceptors (Lipinski definition) is 3. The molecule has 1 heterocycles. The molecule has 4 heteroatoms. The van der Waals surface area contributed by atoms with Gasteiger partial charge in [0.15, 0.2) is 0 Å². The fraction of sp³-hybridized carbons (Fsp3) is 0.500. The van der Waals surface area contributed by atoms with Crippen LogP contribution in [0.4, 0.5) is 4.39 Å². The van der Waals surface area contributed by atoms with Crippen molar-refractivity contribution in [2.75, 3.05) is 26.7 Å². The van der Waals surface area contributed by atoms with E-state index in [4.69, 9.17) is 5.26 Å². The maximum absolute atomic E-state index is 13.9. The van der Waals surface area contributed by atoms with Crippen LogP contribution in [-0.4, -0.2) is 31.6 Å². The summed E-state index contributed by atoms with van der Waals surface area (Å²) >= 11 is 0. The van der Waals surface area contributed by atoms with Crippen molar-refractivity contribution < 1.29 is 4.39 Å². The average Bonchev–Trinajstić information content (AvgIpc) is 2.80. The van der Waals surface area contributed by atoms with Gasteiger partial charge >= 0.3 is 0 Å². The smallest absolute Gasteiger partial charge is 0.145 e. The van der Waals surface area contributed by atoms with Crippen molar-refractivity contribution >= 4 is 0 Å². The van der Waals surface area contributed by atoms with Gasteiger partial charge in [-0.25, -0.2) is 4.39 Å². The van der Waals surface area contributed by atoms with Crippen LogP contribution in [0.5, 0.6) is 0 Å². The summed E-state index contributed by atoms with van der Waals surface area (Å²) in [5, 5.41) is 12.0. The highest BCUT2D eigenvalue weighted by molar-refractivity contribution is 5.34. The second-order valence-electron chi connectivity index (χ2n) is 4.84. The van der Waals surface area contributed by atoms with Gasteiger partial charge in [-0.1, -0.05) is 12.1 Å². The molecule has 1 aliphatic heterocycles. The third kappa shape index (κ3) is 2.87. The molecule has 2 rings (SSSR count). The van der Waals surface area contributed by atoms with E-state index in [0.29, 0.717) is 18.0 Å². The minimum absolute atomic E-state index is 0.137. The number of nitriles is 1. The van der Waals surface area contributed by atoms with E-state index in [1.54, 1.807) is 12.1 Å². The van der Waals surface area contributed by atoms with Crippen LogP contribution in [0.2, 0.25) is 0 Å². The zero-order chi connectivity index (χ0) is 13.0. The number of likely N-dealkylation sites (tertiary alicyclic amines) is 1. The maximum Gasteiger partial charge on any atom is 0.145 e. The van der Waals surface area contributed by atoms with Crippen molar-refractivity contribution in [2.45, 2.75) is 13.0 Å². The van der Waals surface area contributed by atoms with E-state index >= 15 is 0 Å². The molecule has 1 aliphatic rings. The highest BCUT2D eigenvalue weighted by Crippen LogP contribution is 2.20. The fourth-order valence-corrected chi connectivity index (χ4v) is 2.54. The van der Waals surface area contributed by atoms with E-state index < -0.39 is 0 Å². The third-order valence-corrected chi connectivity index (χ3v) is 3.46. The molecule has 18 heavy (non-hydrogen) atoms. The first kappa shape index (κ1) is 13.0. The lowest BCUT2D eigenvalue weighted by Crippen LogP contribution is -2.24. The Hall–Kier alpha value is -1.44. The summed E-state index contributed by atoms with van der Waals surface area (Å²) in [6.45, 7) is 3.61. The molecule has 1 aromatic carbocycles. The van der Waals surface area contributed by atoms with Gasteiger partial charge in [0.25, 0.3) is 0 Å². The van der Waals surface area contributed by atoms with Crippen molar-refractivity contribution in [2.24, 2.45) is 5.92 Å². The van der Waals surface area contributed by atoms with Gasteiger partial charge in [-0.2, -0.15) is 5.26 Å². The molecular weight excluding hydrogens is 229 g/mol. The normalized spacial score (nSPS) is 19.9. The number of hydrogen-bond donors (Lipinski definition) is 1. The molecule has 0 radical (unpaired) electrons. The molecule has 1 unspecified atom stereocenters. The van der Waals surface area contributed by atoms with Gasteiger partial charge in [-0.05, 0) is 38.5 Å². The summed E-state index contributed by atoms with van der Waals surface area (Å²) in [5.74, 6) is 0.286. The zero-order valence-electron chi connectivity index (χ0n) is 10.6. The quantitative estimate of drug-likeness (QED) is 0.881. The van der Waals surface area contributed by atoms with E-state index in [2.05, 4.69) is 10.2 Å². The Kier molecular flexibility index (Phi) is 4.29. The Morgan fingerprint density at radius 1 is 1.56 bits per heavy atom. The minimum Gasteiger partial charge on any atom is -0.319 e. The largest absolute Gasteiger partial charge is 0.319 e. The molecule has 0 aliphatic carbocycles. The van der Waals surface area contributed by atoms with Crippen molar-refractivity contribution in [1.29, 1.82) is 5.26 Å². The average molecular weight is 247 g/mol. The molecular formula is C14H18FN3. The Bertz CT molecular complexity index is 453. The van der Waals surface area contributed by atoms with Gasteiger partial charge in [0, 0.05) is 18.7 Å². The molecule has 1 fully saturated rings. The monoisotopic (exact) mass is 247 g/mol. The van der Waals surface area contributed by atoms with Gasteiger partial charge in [0.05, 0.1) is 5.56 Å². The third-order valence-electron chi connectivity index (χ3n) is 3.46. The number of nitrogens with one attached hydrogen (secondary N) is 1. The minimum atomic E-state index is -0.364. The Labute approximate surface area is 107 Å². The molecule has 1 atom stereocenters. The van der Waals surface area contributed by atoms with Crippen LogP contribution in [0.3, 0.4) is 0 Å². The number of nitrogens with zero attached hydrogens (tertiary/aromatic N) is 2. The van der Waals surface area contributed by atoms with Gasteiger partial charge < -0.3 is 5.32 Å². The molecule has 0 aromatic heterocycles. The summed E-state index contributed by atoms with van der Waals surface area (Å²) in [5.41, 5.74) is 0.762. The predicted octanol–water partition coefficient (Wildman–Crippen LogP) is 1.74. The number of halogens is 1. The van der Waals surface area contributed by atoms with Crippen LogP contribution in [-0.2, 0) is 6.54 Å². The van der Waals surface area contributed by atoms with Crippen LogP contribution in [0.25, 0.3) is 0 Å². The summed E-state index contributed by atoms with van der Waals surface area (Å²) in [6, 6.07) is 6.92.